The molecule has 0 aliphatic heterocycles. The van der Waals surface area contributed by atoms with Gasteiger partial charge in [0.05, 0.1) is 13.1 Å². The molecular weight excluding hydrogens is 296 g/mol. The van der Waals surface area contributed by atoms with Crippen molar-refractivity contribution in [2.75, 3.05) is 52.4 Å². The largest absolute Gasteiger partial charge is 0.354 e. The number of nitrogens with zero attached hydrogens (tertiary/aromatic N) is 1. The maximum absolute atomic E-state index is 11.8. The monoisotopic (exact) mass is 330 g/mol. The number of hydrogen-bond donors (Lipinski definition) is 5. The summed E-state index contributed by atoms with van der Waals surface area (Å²) in [6.07, 6.45) is 0.853. The van der Waals surface area contributed by atoms with Crippen LogP contribution in [0, 0.1) is 0 Å². The van der Waals surface area contributed by atoms with Crippen LogP contribution in [0.3, 0.4) is 0 Å². The minimum atomic E-state index is -0.120. The van der Waals surface area contributed by atoms with Crippen molar-refractivity contribution in [2.24, 2.45) is 11.5 Å². The highest BCUT2D eigenvalue weighted by atomic mass is 16.2. The lowest BCUT2D eigenvalue weighted by Gasteiger charge is -2.24. The number of nitrogens with one attached hydrogen (secondary N) is 3. The predicted molar refractivity (Wildman–Crippen MR) is 92.9 cm³/mol. The second kappa shape index (κ2) is 12.2. The average molecular weight is 330 g/mol. The van der Waals surface area contributed by atoms with Crippen molar-refractivity contribution in [1.82, 2.24) is 20.9 Å². The second-order valence-electron chi connectivity index (χ2n) is 6.52. The Morgan fingerprint density at radius 3 is 1.78 bits per heavy atom. The highest BCUT2D eigenvalue weighted by Crippen LogP contribution is 1.99. The maximum atomic E-state index is 11.8. The van der Waals surface area contributed by atoms with Crippen LogP contribution in [0.15, 0.2) is 0 Å². The van der Waals surface area contributed by atoms with Crippen LogP contribution < -0.4 is 27.4 Å². The number of carbonyl (C=O) groups is 2. The molecule has 0 fully saturated rings. The summed E-state index contributed by atoms with van der Waals surface area (Å²) in [6, 6.07) is 0. The highest BCUT2D eigenvalue weighted by molar-refractivity contribution is 5.81. The van der Waals surface area contributed by atoms with Gasteiger partial charge in [0.25, 0.3) is 0 Å². The molecule has 0 aliphatic rings. The molecule has 136 valence electrons. The van der Waals surface area contributed by atoms with Crippen LogP contribution in [0.1, 0.15) is 27.2 Å². The number of hydrogen-bond acceptors (Lipinski definition) is 6. The van der Waals surface area contributed by atoms with Crippen LogP contribution in [-0.4, -0.2) is 74.6 Å². The Bertz CT molecular complexity index is 321. The summed E-state index contributed by atoms with van der Waals surface area (Å²) < 4.78 is 0. The molecule has 0 rings (SSSR count). The molecule has 0 bridgehead atoms. The van der Waals surface area contributed by atoms with E-state index in [9.17, 15) is 9.59 Å². The van der Waals surface area contributed by atoms with Gasteiger partial charge in [0.15, 0.2) is 0 Å². The zero-order valence-electron chi connectivity index (χ0n) is 14.8. The van der Waals surface area contributed by atoms with Gasteiger partial charge in [0.1, 0.15) is 0 Å². The van der Waals surface area contributed by atoms with Gasteiger partial charge < -0.3 is 27.4 Å². The SMILES string of the molecule is CC(C)(C)NCCCN(CC(=O)NCCN)CC(=O)NCCN. The first-order valence-electron chi connectivity index (χ1n) is 8.19. The predicted octanol–water partition coefficient (Wildman–Crippen LogP) is -1.78. The lowest BCUT2D eigenvalue weighted by molar-refractivity contribution is -0.125. The first-order valence-corrected chi connectivity index (χ1v) is 8.19. The molecule has 0 spiro atoms. The molecule has 0 saturated heterocycles. The van der Waals surface area contributed by atoms with Gasteiger partial charge in [0.2, 0.25) is 11.8 Å². The van der Waals surface area contributed by atoms with Gasteiger partial charge in [-0.1, -0.05) is 0 Å². The zero-order valence-corrected chi connectivity index (χ0v) is 14.8. The van der Waals surface area contributed by atoms with Crippen molar-refractivity contribution >= 4 is 11.8 Å². The molecular formula is C15H34N6O2. The smallest absolute Gasteiger partial charge is 0.234 e. The van der Waals surface area contributed by atoms with E-state index in [1.807, 2.05) is 4.90 Å². The summed E-state index contributed by atoms with van der Waals surface area (Å²) in [6.45, 7) is 9.86. The Kier molecular flexibility index (Phi) is 11.6. The first kappa shape index (κ1) is 21.8. The standard InChI is InChI=1S/C15H34N6O2/c1-15(2,3)20-7-4-10-21(11-13(22)18-8-5-16)12-14(23)19-9-6-17/h20H,4-12,16-17H2,1-3H3,(H,18,22)(H,19,23). The first-order chi connectivity index (χ1) is 10.8. The van der Waals surface area contributed by atoms with E-state index in [0.29, 0.717) is 32.7 Å². The van der Waals surface area contributed by atoms with Crippen molar-refractivity contribution in [3.05, 3.63) is 0 Å². The van der Waals surface area contributed by atoms with Crippen molar-refractivity contribution in [1.29, 1.82) is 0 Å². The van der Waals surface area contributed by atoms with Crippen LogP contribution >= 0.6 is 0 Å². The van der Waals surface area contributed by atoms with Crippen molar-refractivity contribution in [2.45, 2.75) is 32.7 Å². The third-order valence-corrected chi connectivity index (χ3v) is 2.97. The number of amides is 2. The summed E-state index contributed by atoms with van der Waals surface area (Å²) >= 11 is 0. The van der Waals surface area contributed by atoms with E-state index in [2.05, 4.69) is 36.7 Å². The molecule has 8 nitrogen and oxygen atoms in total. The van der Waals surface area contributed by atoms with Gasteiger partial charge in [-0.2, -0.15) is 0 Å². The normalized spacial score (nSPS) is 11.6. The number of carbonyl (C=O) groups excluding carboxylic acids is 2. The molecule has 23 heavy (non-hydrogen) atoms. The molecule has 0 aromatic heterocycles. The lowest BCUT2D eigenvalue weighted by Crippen LogP contribution is -2.45. The third-order valence-electron chi connectivity index (χ3n) is 2.97. The Morgan fingerprint density at radius 2 is 1.39 bits per heavy atom. The number of nitrogens with two attached hydrogens (primary N) is 2. The van der Waals surface area contributed by atoms with Gasteiger partial charge in [-0.15, -0.1) is 0 Å². The molecule has 7 N–H and O–H groups in total. The molecule has 0 unspecified atom stereocenters. The zero-order chi connectivity index (χ0) is 17.7. The van der Waals surface area contributed by atoms with Crippen LogP contribution in [0.2, 0.25) is 0 Å². The van der Waals surface area contributed by atoms with Gasteiger partial charge in [0, 0.05) is 38.3 Å². The second-order valence-corrected chi connectivity index (χ2v) is 6.52. The van der Waals surface area contributed by atoms with Crippen molar-refractivity contribution in [3.63, 3.8) is 0 Å². The quantitative estimate of drug-likeness (QED) is 0.269. The third kappa shape index (κ3) is 14.1. The van der Waals surface area contributed by atoms with E-state index in [1.165, 1.54) is 0 Å². The fourth-order valence-corrected chi connectivity index (χ4v) is 1.92. The van der Waals surface area contributed by atoms with Crippen LogP contribution in [-0.2, 0) is 9.59 Å². The molecule has 0 saturated carbocycles. The summed E-state index contributed by atoms with van der Waals surface area (Å²) in [4.78, 5) is 25.5. The lowest BCUT2D eigenvalue weighted by atomic mass is 10.1. The topological polar surface area (TPSA) is 126 Å². The Labute approximate surface area is 139 Å². The molecule has 8 heteroatoms. The van der Waals surface area contributed by atoms with E-state index in [1.54, 1.807) is 0 Å². The molecule has 2 amide bonds. The average Bonchev–Trinajstić information content (AvgIpc) is 2.46. The van der Waals surface area contributed by atoms with Gasteiger partial charge >= 0.3 is 0 Å². The molecule has 0 radical (unpaired) electrons. The van der Waals surface area contributed by atoms with Crippen LogP contribution in [0.25, 0.3) is 0 Å². The number of rotatable bonds is 12. The Morgan fingerprint density at radius 1 is 0.913 bits per heavy atom. The van der Waals surface area contributed by atoms with E-state index in [0.717, 1.165) is 13.0 Å². The molecule has 0 atom stereocenters. The Hall–Kier alpha value is -1.22. The van der Waals surface area contributed by atoms with Gasteiger partial charge in [-0.3, -0.25) is 14.5 Å². The van der Waals surface area contributed by atoms with Gasteiger partial charge in [-0.05, 0) is 33.7 Å². The summed E-state index contributed by atoms with van der Waals surface area (Å²) in [5, 5.41) is 8.83. The molecule has 0 aliphatic carbocycles. The fraction of sp³-hybridized carbons (Fsp3) is 0.867. The van der Waals surface area contributed by atoms with E-state index in [4.69, 9.17) is 11.5 Å². The minimum Gasteiger partial charge on any atom is -0.354 e. The fourth-order valence-electron chi connectivity index (χ4n) is 1.92. The summed E-state index contributed by atoms with van der Waals surface area (Å²) in [5.41, 5.74) is 10.8. The minimum absolute atomic E-state index is 0.0574. The summed E-state index contributed by atoms with van der Waals surface area (Å²) in [5.74, 6) is -0.239. The highest BCUT2D eigenvalue weighted by Gasteiger charge is 2.15. The molecule has 0 aromatic rings. The maximum Gasteiger partial charge on any atom is 0.234 e. The Balaban J connectivity index is 4.30. The van der Waals surface area contributed by atoms with Crippen LogP contribution in [0.4, 0.5) is 0 Å². The van der Waals surface area contributed by atoms with E-state index >= 15 is 0 Å². The van der Waals surface area contributed by atoms with Crippen LogP contribution in [0.5, 0.6) is 0 Å². The van der Waals surface area contributed by atoms with E-state index < -0.39 is 0 Å². The molecule has 0 heterocycles. The van der Waals surface area contributed by atoms with Gasteiger partial charge in [-0.25, -0.2) is 0 Å². The van der Waals surface area contributed by atoms with E-state index in [-0.39, 0.29) is 30.4 Å². The van der Waals surface area contributed by atoms with Crippen molar-refractivity contribution < 1.29 is 9.59 Å². The summed E-state index contributed by atoms with van der Waals surface area (Å²) in [7, 11) is 0. The van der Waals surface area contributed by atoms with Crippen molar-refractivity contribution in [3.8, 4) is 0 Å². The molecule has 0 aromatic carbocycles.